The van der Waals surface area contributed by atoms with Crippen LogP contribution >= 0.6 is 0 Å². The highest BCUT2D eigenvalue weighted by atomic mass is 16.5. The van der Waals surface area contributed by atoms with Gasteiger partial charge in [-0.2, -0.15) is 0 Å². The van der Waals surface area contributed by atoms with E-state index in [4.69, 9.17) is 23.9 Å². The Bertz CT molecular complexity index is 1370. The molecule has 0 radical (unpaired) electrons. The number of carbonyl (C=O) groups excluding carboxylic acids is 1. The minimum atomic E-state index is -0.361. The number of methoxy groups -OCH3 is 3. The van der Waals surface area contributed by atoms with E-state index < -0.39 is 0 Å². The number of aromatic nitrogens is 2. The fourth-order valence-corrected chi connectivity index (χ4v) is 6.43. The van der Waals surface area contributed by atoms with Gasteiger partial charge in [0.2, 0.25) is 17.6 Å². The fourth-order valence-electron chi connectivity index (χ4n) is 6.43. The molecule has 2 aromatic carbocycles. The van der Waals surface area contributed by atoms with Crippen LogP contribution in [0.3, 0.4) is 0 Å². The largest absolute Gasteiger partial charge is 0.493 e. The van der Waals surface area contributed by atoms with Crippen LogP contribution in [-0.4, -0.2) is 99.1 Å². The number of hydrogen-bond acceptors (Lipinski definition) is 8. The third kappa shape index (κ3) is 6.70. The van der Waals surface area contributed by atoms with Gasteiger partial charge in [-0.3, -0.25) is 4.79 Å². The van der Waals surface area contributed by atoms with Gasteiger partial charge in [-0.15, -0.1) is 0 Å². The molecule has 0 bridgehead atoms. The number of amides is 1. The molecule has 234 valence electrons. The molecular weight excluding hydrogens is 546 g/mol. The van der Waals surface area contributed by atoms with Gasteiger partial charge in [0, 0.05) is 51.3 Å². The summed E-state index contributed by atoms with van der Waals surface area (Å²) in [5.41, 5.74) is 2.78. The summed E-state index contributed by atoms with van der Waals surface area (Å²) in [4.78, 5) is 25.6. The van der Waals surface area contributed by atoms with E-state index in [1.54, 1.807) is 21.3 Å². The van der Waals surface area contributed by atoms with Gasteiger partial charge >= 0.3 is 0 Å². The van der Waals surface area contributed by atoms with E-state index >= 15 is 0 Å². The Morgan fingerprint density at radius 2 is 1.70 bits per heavy atom. The summed E-state index contributed by atoms with van der Waals surface area (Å²) in [6.45, 7) is 12.4. The molecule has 1 unspecified atom stereocenters. The molecule has 3 aromatic rings. The average molecular weight is 594 g/mol. The predicted octanol–water partition coefficient (Wildman–Crippen LogP) is 4.44. The van der Waals surface area contributed by atoms with Crippen molar-refractivity contribution in [1.29, 1.82) is 0 Å². The number of para-hydroxylation sites is 2. The second-order valence-electron chi connectivity index (χ2n) is 11.8. The number of rotatable bonds is 13. The molecule has 0 N–H and O–H groups in total. The van der Waals surface area contributed by atoms with E-state index in [2.05, 4.69) is 39.5 Å². The van der Waals surface area contributed by atoms with Gasteiger partial charge in [0.05, 0.1) is 39.0 Å². The van der Waals surface area contributed by atoms with E-state index in [1.165, 1.54) is 0 Å². The van der Waals surface area contributed by atoms with Gasteiger partial charge in [0.15, 0.2) is 11.5 Å². The average Bonchev–Trinajstić information content (AvgIpc) is 3.41. The number of likely N-dealkylation sites (tertiary alicyclic amines) is 1. The Morgan fingerprint density at radius 3 is 2.42 bits per heavy atom. The number of imidazole rings is 1. The van der Waals surface area contributed by atoms with E-state index in [0.29, 0.717) is 37.0 Å². The van der Waals surface area contributed by atoms with Crippen molar-refractivity contribution in [3.05, 3.63) is 42.0 Å². The third-order valence-corrected chi connectivity index (χ3v) is 8.98. The minimum Gasteiger partial charge on any atom is -0.493 e. The number of ether oxygens (including phenoxy) is 4. The lowest BCUT2D eigenvalue weighted by Crippen LogP contribution is -2.37. The zero-order chi connectivity index (χ0) is 30.4. The molecule has 3 heterocycles. The lowest BCUT2D eigenvalue weighted by Gasteiger charge is -2.28. The summed E-state index contributed by atoms with van der Waals surface area (Å²) in [7, 11) is 4.82. The summed E-state index contributed by atoms with van der Waals surface area (Å²) in [6, 6.07) is 12.2. The molecule has 0 aliphatic carbocycles. The molecule has 2 fully saturated rings. The summed E-state index contributed by atoms with van der Waals surface area (Å²) >= 11 is 0. The maximum Gasteiger partial charge on any atom is 0.228 e. The zero-order valence-corrected chi connectivity index (χ0v) is 26.4. The quantitative estimate of drug-likeness (QED) is 0.269. The lowest BCUT2D eigenvalue weighted by molar-refractivity contribution is -0.136. The molecule has 1 amide bonds. The SMILES string of the molecule is CCOCCn1c(N2CCCN(CCC3(C)CCN(Cc4cc(OC)c(OC)c(OC)c4)C3=O)CC2)nc2ccccc21. The number of fused-ring (bicyclic) bond motifs is 1. The van der Waals surface area contributed by atoms with Gasteiger partial charge in [-0.25, -0.2) is 4.98 Å². The molecule has 0 spiro atoms. The topological polar surface area (TPSA) is 81.5 Å². The standard InChI is InChI=1S/C33H47N5O5/c1-6-43-21-20-38-27-11-8-7-10-26(27)34-32(38)36-15-9-14-35(18-19-36)16-12-33(2)13-17-37(31(33)39)24-25-22-28(40-3)30(42-5)29(23-25)41-4/h7-8,10-11,22-23H,6,9,12-21,24H2,1-5H3. The summed E-state index contributed by atoms with van der Waals surface area (Å²) in [5, 5.41) is 0. The highest BCUT2D eigenvalue weighted by Crippen LogP contribution is 2.40. The Hall–Kier alpha value is -3.50. The molecule has 1 aromatic heterocycles. The van der Waals surface area contributed by atoms with E-state index in [-0.39, 0.29) is 11.3 Å². The minimum absolute atomic E-state index is 0.223. The van der Waals surface area contributed by atoms with Crippen molar-refractivity contribution in [3.8, 4) is 17.2 Å². The first-order valence-corrected chi connectivity index (χ1v) is 15.5. The normalized spacial score (nSPS) is 19.7. The van der Waals surface area contributed by atoms with Crippen LogP contribution in [-0.2, 0) is 22.6 Å². The third-order valence-electron chi connectivity index (χ3n) is 8.98. The van der Waals surface area contributed by atoms with Crippen LogP contribution in [0.5, 0.6) is 17.2 Å². The van der Waals surface area contributed by atoms with E-state index in [1.807, 2.05) is 30.0 Å². The summed E-state index contributed by atoms with van der Waals surface area (Å²) < 4.78 is 24.5. The summed E-state index contributed by atoms with van der Waals surface area (Å²) in [6.07, 6.45) is 2.77. The van der Waals surface area contributed by atoms with Gasteiger partial charge in [0.25, 0.3) is 0 Å². The Morgan fingerprint density at radius 1 is 0.930 bits per heavy atom. The van der Waals surface area contributed by atoms with Crippen molar-refractivity contribution in [1.82, 2.24) is 19.4 Å². The monoisotopic (exact) mass is 593 g/mol. The number of carbonyl (C=O) groups is 1. The smallest absolute Gasteiger partial charge is 0.228 e. The van der Waals surface area contributed by atoms with E-state index in [9.17, 15) is 4.79 Å². The maximum atomic E-state index is 13.7. The van der Waals surface area contributed by atoms with Gasteiger partial charge in [-0.05, 0) is 69.1 Å². The first-order chi connectivity index (χ1) is 20.9. The number of nitrogens with zero attached hydrogens (tertiary/aromatic N) is 5. The Labute approximate surface area is 255 Å². The summed E-state index contributed by atoms with van der Waals surface area (Å²) in [5.74, 6) is 3.02. The Balaban J connectivity index is 1.19. The van der Waals surface area contributed by atoms with Crippen molar-refractivity contribution < 1.29 is 23.7 Å². The molecule has 0 saturated carbocycles. The first-order valence-electron chi connectivity index (χ1n) is 15.5. The van der Waals surface area contributed by atoms with Crippen LogP contribution in [0.25, 0.3) is 11.0 Å². The van der Waals surface area contributed by atoms with Crippen molar-refractivity contribution >= 4 is 22.9 Å². The maximum absolute atomic E-state index is 13.7. The van der Waals surface area contributed by atoms with Crippen LogP contribution in [0.1, 0.15) is 38.7 Å². The second kappa shape index (κ2) is 13.9. The molecule has 2 aliphatic rings. The molecule has 1 atom stereocenters. The van der Waals surface area contributed by atoms with Crippen molar-refractivity contribution in [2.75, 3.05) is 78.7 Å². The van der Waals surface area contributed by atoms with Crippen LogP contribution in [0.15, 0.2) is 36.4 Å². The molecule has 5 rings (SSSR count). The molecule has 2 aliphatic heterocycles. The highest BCUT2D eigenvalue weighted by molar-refractivity contribution is 5.84. The van der Waals surface area contributed by atoms with Crippen LogP contribution in [0.2, 0.25) is 0 Å². The molecule has 10 nitrogen and oxygen atoms in total. The zero-order valence-electron chi connectivity index (χ0n) is 26.4. The number of benzene rings is 2. The molecule has 10 heteroatoms. The number of anilines is 1. The second-order valence-corrected chi connectivity index (χ2v) is 11.8. The van der Waals surface area contributed by atoms with Crippen LogP contribution in [0.4, 0.5) is 5.95 Å². The molecule has 43 heavy (non-hydrogen) atoms. The first kappa shape index (κ1) is 30.9. The fraction of sp³-hybridized carbons (Fsp3) is 0.576. The number of hydrogen-bond donors (Lipinski definition) is 0. The van der Waals surface area contributed by atoms with Crippen molar-refractivity contribution in [3.63, 3.8) is 0 Å². The van der Waals surface area contributed by atoms with Crippen molar-refractivity contribution in [2.45, 2.75) is 46.2 Å². The van der Waals surface area contributed by atoms with Crippen LogP contribution in [0, 0.1) is 5.41 Å². The van der Waals surface area contributed by atoms with Gasteiger partial charge < -0.3 is 38.2 Å². The predicted molar refractivity (Wildman–Crippen MR) is 168 cm³/mol. The highest BCUT2D eigenvalue weighted by Gasteiger charge is 2.42. The lowest BCUT2D eigenvalue weighted by atomic mass is 9.85. The van der Waals surface area contributed by atoms with Gasteiger partial charge in [-0.1, -0.05) is 19.1 Å². The Kier molecular flexibility index (Phi) is 9.97. The van der Waals surface area contributed by atoms with E-state index in [0.717, 1.165) is 87.6 Å². The van der Waals surface area contributed by atoms with Gasteiger partial charge in [0.1, 0.15) is 0 Å². The van der Waals surface area contributed by atoms with Crippen molar-refractivity contribution in [2.24, 2.45) is 5.41 Å². The molecular formula is C33H47N5O5. The van der Waals surface area contributed by atoms with Crippen LogP contribution < -0.4 is 19.1 Å². The molecule has 2 saturated heterocycles.